The summed E-state index contributed by atoms with van der Waals surface area (Å²) in [5.74, 6) is 0.742. The first-order valence-electron chi connectivity index (χ1n) is 4.67. The molecule has 0 aliphatic carbocycles. The molecule has 3 nitrogen and oxygen atoms in total. The Kier molecular flexibility index (Phi) is 4.00. The average Bonchev–Trinajstić information content (AvgIpc) is 2.52. The maximum Gasteiger partial charge on any atom is 0.223 e. The number of nitrogens with zero attached hydrogens (tertiary/aromatic N) is 1. The van der Waals surface area contributed by atoms with Gasteiger partial charge in [-0.15, -0.1) is 11.6 Å². The maximum absolute atomic E-state index is 11.4. The minimum absolute atomic E-state index is 0.109. The zero-order valence-electron chi connectivity index (χ0n) is 7.87. The third-order valence-electron chi connectivity index (χ3n) is 2.57. The molecule has 1 fully saturated rings. The van der Waals surface area contributed by atoms with Gasteiger partial charge in [0, 0.05) is 31.3 Å². The summed E-state index contributed by atoms with van der Waals surface area (Å²) < 4.78 is 0. The quantitative estimate of drug-likeness (QED) is 0.694. The highest BCUT2D eigenvalue weighted by Crippen LogP contribution is 2.20. The van der Waals surface area contributed by atoms with Crippen molar-refractivity contribution in [2.45, 2.75) is 25.9 Å². The topological polar surface area (TPSA) is 40.5 Å². The first-order valence-corrected chi connectivity index (χ1v) is 5.20. The molecule has 2 atom stereocenters. The van der Waals surface area contributed by atoms with Crippen molar-refractivity contribution < 1.29 is 9.90 Å². The van der Waals surface area contributed by atoms with Crippen LogP contribution in [0.15, 0.2) is 0 Å². The SMILES string of the molecule is CC(O)C1CCN(C(=O)CCCl)C1. The molecule has 1 amide bonds. The first kappa shape index (κ1) is 10.8. The van der Waals surface area contributed by atoms with Crippen LogP contribution in [-0.2, 0) is 4.79 Å². The highest BCUT2D eigenvalue weighted by Gasteiger charge is 2.28. The molecule has 1 saturated heterocycles. The molecule has 0 aromatic heterocycles. The molecule has 1 N–H and O–H groups in total. The molecular weight excluding hydrogens is 190 g/mol. The van der Waals surface area contributed by atoms with E-state index in [4.69, 9.17) is 11.6 Å². The fourth-order valence-electron chi connectivity index (χ4n) is 1.65. The second kappa shape index (κ2) is 4.82. The summed E-state index contributed by atoms with van der Waals surface area (Å²) in [4.78, 5) is 13.2. The molecule has 1 aliphatic heterocycles. The van der Waals surface area contributed by atoms with Crippen LogP contribution in [0.25, 0.3) is 0 Å². The van der Waals surface area contributed by atoms with Crippen LogP contribution in [-0.4, -0.2) is 41.0 Å². The molecule has 0 aromatic rings. The number of aliphatic hydroxyl groups excluding tert-OH is 1. The molecule has 76 valence electrons. The van der Waals surface area contributed by atoms with Gasteiger partial charge in [0.15, 0.2) is 0 Å². The number of hydrogen-bond donors (Lipinski definition) is 1. The molecule has 1 aliphatic rings. The van der Waals surface area contributed by atoms with Crippen LogP contribution in [0.3, 0.4) is 0 Å². The Morgan fingerprint density at radius 3 is 2.92 bits per heavy atom. The van der Waals surface area contributed by atoms with Crippen LogP contribution >= 0.6 is 11.6 Å². The molecule has 1 heterocycles. The number of rotatable bonds is 3. The van der Waals surface area contributed by atoms with Crippen LogP contribution in [0.4, 0.5) is 0 Å². The summed E-state index contributed by atoms with van der Waals surface area (Å²) in [5.41, 5.74) is 0. The van der Waals surface area contributed by atoms with Crippen molar-refractivity contribution in [1.29, 1.82) is 0 Å². The van der Waals surface area contributed by atoms with E-state index >= 15 is 0 Å². The van der Waals surface area contributed by atoms with Gasteiger partial charge in [0.2, 0.25) is 5.91 Å². The third kappa shape index (κ3) is 2.85. The average molecular weight is 206 g/mol. The van der Waals surface area contributed by atoms with E-state index < -0.39 is 0 Å². The normalized spacial score (nSPS) is 24.8. The van der Waals surface area contributed by atoms with Gasteiger partial charge in [-0.2, -0.15) is 0 Å². The number of halogens is 1. The minimum atomic E-state index is -0.311. The van der Waals surface area contributed by atoms with Crippen molar-refractivity contribution in [2.24, 2.45) is 5.92 Å². The van der Waals surface area contributed by atoms with Gasteiger partial charge in [-0.3, -0.25) is 4.79 Å². The van der Waals surface area contributed by atoms with Gasteiger partial charge < -0.3 is 10.0 Å². The molecular formula is C9H16ClNO2. The highest BCUT2D eigenvalue weighted by atomic mass is 35.5. The lowest BCUT2D eigenvalue weighted by atomic mass is 10.0. The number of likely N-dealkylation sites (tertiary alicyclic amines) is 1. The molecule has 0 saturated carbocycles. The largest absolute Gasteiger partial charge is 0.393 e. The Morgan fingerprint density at radius 2 is 2.46 bits per heavy atom. The van der Waals surface area contributed by atoms with Gasteiger partial charge in [-0.05, 0) is 13.3 Å². The molecule has 0 radical (unpaired) electrons. The Labute approximate surface area is 83.7 Å². The van der Waals surface area contributed by atoms with E-state index in [1.807, 2.05) is 0 Å². The molecule has 0 bridgehead atoms. The Morgan fingerprint density at radius 1 is 1.77 bits per heavy atom. The summed E-state index contributed by atoms with van der Waals surface area (Å²) in [5, 5.41) is 9.32. The van der Waals surface area contributed by atoms with Crippen LogP contribution in [0.5, 0.6) is 0 Å². The van der Waals surface area contributed by atoms with Crippen LogP contribution < -0.4 is 0 Å². The maximum atomic E-state index is 11.4. The summed E-state index contributed by atoms with van der Waals surface area (Å²) in [6.45, 7) is 3.23. The van der Waals surface area contributed by atoms with Gasteiger partial charge in [0.1, 0.15) is 0 Å². The molecule has 2 unspecified atom stereocenters. The van der Waals surface area contributed by atoms with Gasteiger partial charge in [0.25, 0.3) is 0 Å². The standard InChI is InChI=1S/C9H16ClNO2/c1-7(12)8-3-5-11(6-8)9(13)2-4-10/h7-8,12H,2-6H2,1H3. The van der Waals surface area contributed by atoms with E-state index in [1.165, 1.54) is 0 Å². The fraction of sp³-hybridized carbons (Fsp3) is 0.889. The fourth-order valence-corrected chi connectivity index (χ4v) is 1.81. The van der Waals surface area contributed by atoms with Gasteiger partial charge in [-0.25, -0.2) is 0 Å². The van der Waals surface area contributed by atoms with Crippen molar-refractivity contribution in [3.63, 3.8) is 0 Å². The zero-order chi connectivity index (χ0) is 9.84. The zero-order valence-corrected chi connectivity index (χ0v) is 8.63. The second-order valence-corrected chi connectivity index (χ2v) is 3.95. The van der Waals surface area contributed by atoms with Crippen LogP contribution in [0.1, 0.15) is 19.8 Å². The lowest BCUT2D eigenvalue weighted by Gasteiger charge is -2.16. The molecule has 0 aromatic carbocycles. The van der Waals surface area contributed by atoms with Gasteiger partial charge >= 0.3 is 0 Å². The lowest BCUT2D eigenvalue weighted by Crippen LogP contribution is -2.30. The number of carbonyl (C=O) groups excluding carboxylic acids is 1. The number of hydrogen-bond acceptors (Lipinski definition) is 2. The van der Waals surface area contributed by atoms with Crippen molar-refractivity contribution >= 4 is 17.5 Å². The van der Waals surface area contributed by atoms with E-state index in [-0.39, 0.29) is 17.9 Å². The number of alkyl halides is 1. The van der Waals surface area contributed by atoms with E-state index in [0.29, 0.717) is 18.8 Å². The van der Waals surface area contributed by atoms with Crippen LogP contribution in [0, 0.1) is 5.92 Å². The Hall–Kier alpha value is -0.280. The monoisotopic (exact) mass is 205 g/mol. The van der Waals surface area contributed by atoms with Gasteiger partial charge in [0.05, 0.1) is 6.10 Å². The van der Waals surface area contributed by atoms with Crippen molar-refractivity contribution in [3.05, 3.63) is 0 Å². The number of carbonyl (C=O) groups is 1. The second-order valence-electron chi connectivity index (χ2n) is 3.57. The van der Waals surface area contributed by atoms with Crippen molar-refractivity contribution in [2.75, 3.05) is 19.0 Å². The van der Waals surface area contributed by atoms with Crippen molar-refractivity contribution in [1.82, 2.24) is 4.90 Å². The molecule has 4 heteroatoms. The smallest absolute Gasteiger partial charge is 0.223 e. The van der Waals surface area contributed by atoms with E-state index in [2.05, 4.69) is 0 Å². The highest BCUT2D eigenvalue weighted by molar-refractivity contribution is 6.18. The number of amides is 1. The molecule has 13 heavy (non-hydrogen) atoms. The third-order valence-corrected chi connectivity index (χ3v) is 2.76. The summed E-state index contributed by atoms with van der Waals surface area (Å²) >= 11 is 5.48. The predicted octanol–water partition coefficient (Wildman–Crippen LogP) is 0.845. The Bertz CT molecular complexity index is 184. The minimum Gasteiger partial charge on any atom is -0.393 e. The Balaban J connectivity index is 2.36. The molecule has 0 spiro atoms. The van der Waals surface area contributed by atoms with E-state index in [0.717, 1.165) is 13.0 Å². The summed E-state index contributed by atoms with van der Waals surface area (Å²) in [7, 11) is 0. The summed E-state index contributed by atoms with van der Waals surface area (Å²) in [6, 6.07) is 0. The van der Waals surface area contributed by atoms with Crippen molar-refractivity contribution in [3.8, 4) is 0 Å². The lowest BCUT2D eigenvalue weighted by molar-refractivity contribution is -0.129. The van der Waals surface area contributed by atoms with E-state index in [9.17, 15) is 9.90 Å². The number of aliphatic hydroxyl groups is 1. The molecule has 1 rings (SSSR count). The predicted molar refractivity (Wildman–Crippen MR) is 51.7 cm³/mol. The van der Waals surface area contributed by atoms with E-state index in [1.54, 1.807) is 11.8 Å². The first-order chi connectivity index (χ1) is 6.15. The van der Waals surface area contributed by atoms with Gasteiger partial charge in [-0.1, -0.05) is 0 Å². The van der Waals surface area contributed by atoms with Crippen LogP contribution in [0.2, 0.25) is 0 Å². The summed E-state index contributed by atoms with van der Waals surface area (Å²) in [6.07, 6.45) is 1.01.